The zero-order valence-corrected chi connectivity index (χ0v) is 12.7. The van der Waals surface area contributed by atoms with Gasteiger partial charge in [0.15, 0.2) is 5.17 Å². The highest BCUT2D eigenvalue weighted by Gasteiger charge is 2.06. The van der Waals surface area contributed by atoms with Crippen molar-refractivity contribution in [2.45, 2.75) is 6.92 Å². The zero-order chi connectivity index (χ0) is 15.1. The number of aliphatic imine (C=N–C) groups is 2. The number of nitrogens with zero attached hydrogens (tertiary/aromatic N) is 5. The van der Waals surface area contributed by atoms with Gasteiger partial charge in [-0.2, -0.15) is 15.0 Å². The van der Waals surface area contributed by atoms with Gasteiger partial charge < -0.3 is 5.73 Å². The maximum Gasteiger partial charge on any atom is 0.158 e. The molecule has 0 radical (unpaired) electrons. The van der Waals surface area contributed by atoms with E-state index in [0.717, 1.165) is 0 Å². The fraction of sp³-hybridized carbons (Fsp3) is 0.231. The summed E-state index contributed by atoms with van der Waals surface area (Å²) in [6, 6.07) is 0. The second-order valence-electron chi connectivity index (χ2n) is 3.76. The van der Waals surface area contributed by atoms with Crippen LogP contribution >= 0.6 is 11.8 Å². The molecule has 0 bridgehead atoms. The third kappa shape index (κ3) is 4.51. The van der Waals surface area contributed by atoms with Crippen LogP contribution in [0.3, 0.4) is 0 Å². The van der Waals surface area contributed by atoms with E-state index in [1.807, 2.05) is 25.3 Å². The van der Waals surface area contributed by atoms with Crippen LogP contribution in [0.2, 0.25) is 0 Å². The van der Waals surface area contributed by atoms with Crippen LogP contribution in [0.15, 0.2) is 52.9 Å². The highest BCUT2D eigenvalue weighted by atomic mass is 32.2. The quantitative estimate of drug-likeness (QED) is 0.510. The topological polar surface area (TPSA) is 81.5 Å². The van der Waals surface area contributed by atoms with Crippen molar-refractivity contribution in [2.75, 3.05) is 6.26 Å². The fourth-order valence-electron chi connectivity index (χ4n) is 1.25. The van der Waals surface area contributed by atoms with Crippen LogP contribution in [-0.4, -0.2) is 32.1 Å². The van der Waals surface area contributed by atoms with Gasteiger partial charge in [0, 0.05) is 7.05 Å². The third-order valence-corrected chi connectivity index (χ3v) is 2.74. The lowest BCUT2D eigenvalue weighted by Gasteiger charge is -2.02. The second kappa shape index (κ2) is 7.44. The molecule has 0 aromatic carbocycles. The summed E-state index contributed by atoms with van der Waals surface area (Å²) in [6.07, 6.45) is 7.16. The molecule has 0 aliphatic rings. The van der Waals surface area contributed by atoms with Gasteiger partial charge in [0.2, 0.25) is 0 Å². The molecule has 7 heteroatoms. The Labute approximate surface area is 122 Å². The Bertz CT molecular complexity index is 594. The summed E-state index contributed by atoms with van der Waals surface area (Å²) >= 11 is 1.34. The van der Waals surface area contributed by atoms with E-state index in [1.54, 1.807) is 13.2 Å². The van der Waals surface area contributed by atoms with E-state index < -0.39 is 0 Å². The van der Waals surface area contributed by atoms with Gasteiger partial charge in [-0.3, -0.25) is 0 Å². The Hall–Kier alpha value is -2.15. The van der Waals surface area contributed by atoms with Crippen LogP contribution in [0.4, 0.5) is 0 Å². The minimum absolute atomic E-state index is 0.415. The van der Waals surface area contributed by atoms with Gasteiger partial charge in [0.05, 0.1) is 23.3 Å². The van der Waals surface area contributed by atoms with Crippen molar-refractivity contribution in [1.29, 1.82) is 0 Å². The Balaban J connectivity index is 3.03. The van der Waals surface area contributed by atoms with Crippen molar-refractivity contribution in [3.63, 3.8) is 0 Å². The van der Waals surface area contributed by atoms with Crippen LogP contribution in [0.1, 0.15) is 12.6 Å². The van der Waals surface area contributed by atoms with Crippen LogP contribution in [0.5, 0.6) is 0 Å². The van der Waals surface area contributed by atoms with Crippen LogP contribution < -0.4 is 5.73 Å². The van der Waals surface area contributed by atoms with E-state index in [2.05, 4.69) is 33.3 Å². The molecule has 0 aliphatic carbocycles. The summed E-state index contributed by atoms with van der Waals surface area (Å²) in [5, 5.41) is 8.64. The van der Waals surface area contributed by atoms with E-state index in [9.17, 15) is 0 Å². The summed E-state index contributed by atoms with van der Waals surface area (Å²) in [7, 11) is 1.74. The first kappa shape index (κ1) is 15.9. The number of thioether (sulfide) groups is 1. The van der Waals surface area contributed by atoms with Crippen molar-refractivity contribution in [3.8, 4) is 0 Å². The summed E-state index contributed by atoms with van der Waals surface area (Å²) in [6.45, 7) is 9.55. The molecular formula is C13H18N6S. The van der Waals surface area contributed by atoms with Crippen molar-refractivity contribution in [1.82, 2.24) is 15.0 Å². The van der Waals surface area contributed by atoms with E-state index in [-0.39, 0.29) is 0 Å². The van der Waals surface area contributed by atoms with Gasteiger partial charge in [0.25, 0.3) is 0 Å². The Kier molecular flexibility index (Phi) is 5.92. The number of aryl methyl sites for hydroxylation is 1. The number of hydrogen-bond acceptors (Lipinski definition) is 5. The van der Waals surface area contributed by atoms with Crippen LogP contribution in [-0.2, 0) is 7.05 Å². The monoisotopic (exact) mass is 290 g/mol. The molecule has 0 saturated carbocycles. The van der Waals surface area contributed by atoms with Crippen LogP contribution in [0.25, 0.3) is 0 Å². The molecule has 0 atom stereocenters. The summed E-state index contributed by atoms with van der Waals surface area (Å²) in [4.78, 5) is 9.95. The molecule has 0 unspecified atom stereocenters. The molecular weight excluding hydrogens is 272 g/mol. The summed E-state index contributed by atoms with van der Waals surface area (Å²) in [5.74, 6) is 0. The normalized spacial score (nSPS) is 12.9. The number of rotatable bonds is 5. The lowest BCUT2D eigenvalue weighted by Crippen LogP contribution is -2.06. The highest BCUT2D eigenvalue weighted by molar-refractivity contribution is 8.13. The van der Waals surface area contributed by atoms with Gasteiger partial charge in [-0.1, -0.05) is 31.0 Å². The summed E-state index contributed by atoms with van der Waals surface area (Å²) in [5.41, 5.74) is 7.79. The van der Waals surface area contributed by atoms with Crippen molar-refractivity contribution in [3.05, 3.63) is 48.6 Å². The van der Waals surface area contributed by atoms with E-state index >= 15 is 0 Å². The molecule has 0 aliphatic heterocycles. The largest absolute Gasteiger partial charge is 0.378 e. The molecule has 6 nitrogen and oxygen atoms in total. The molecule has 0 fully saturated rings. The lowest BCUT2D eigenvalue weighted by atomic mass is 10.2. The first-order valence-corrected chi connectivity index (χ1v) is 7.04. The molecule has 0 spiro atoms. The maximum atomic E-state index is 5.64. The van der Waals surface area contributed by atoms with Gasteiger partial charge >= 0.3 is 0 Å². The predicted molar refractivity (Wildman–Crippen MR) is 85.8 cm³/mol. The number of aromatic nitrogens is 3. The van der Waals surface area contributed by atoms with E-state index in [1.165, 1.54) is 16.6 Å². The molecule has 0 saturated heterocycles. The lowest BCUT2D eigenvalue weighted by molar-refractivity contribution is 0.653. The minimum atomic E-state index is 0.415. The SMILES string of the molecule is C=C(N=C(N)SC)C(=C)N=C(/C=C\C)c1cnn(C)n1. The molecule has 20 heavy (non-hydrogen) atoms. The zero-order valence-electron chi connectivity index (χ0n) is 11.9. The highest BCUT2D eigenvalue weighted by Crippen LogP contribution is 2.12. The number of allylic oxidation sites excluding steroid dienone is 2. The molecule has 0 amide bonds. The van der Waals surface area contributed by atoms with E-state index in [4.69, 9.17) is 5.73 Å². The standard InChI is InChI=1S/C13H18N6S/c1-6-7-11(12-8-15-19(4)18-12)16-9(2)10(3)17-13(14)20-5/h6-8H,2-3H2,1,4-5H3,(H2,14,17)/b7-6-,16-11?. The molecule has 1 heterocycles. The molecule has 1 aromatic rings. The smallest absolute Gasteiger partial charge is 0.158 e. The van der Waals surface area contributed by atoms with Crippen LogP contribution in [0, 0.1) is 0 Å². The van der Waals surface area contributed by atoms with E-state index in [0.29, 0.717) is 28.0 Å². The minimum Gasteiger partial charge on any atom is -0.378 e. The predicted octanol–water partition coefficient (Wildman–Crippen LogP) is 1.89. The van der Waals surface area contributed by atoms with Gasteiger partial charge in [-0.15, -0.1) is 0 Å². The van der Waals surface area contributed by atoms with Gasteiger partial charge in [0.1, 0.15) is 5.69 Å². The average Bonchev–Trinajstić information content (AvgIpc) is 2.84. The van der Waals surface area contributed by atoms with Gasteiger partial charge in [-0.05, 0) is 19.3 Å². The average molecular weight is 290 g/mol. The Morgan fingerprint density at radius 2 is 2.05 bits per heavy atom. The number of hydrogen-bond donors (Lipinski definition) is 1. The Morgan fingerprint density at radius 1 is 1.40 bits per heavy atom. The fourth-order valence-corrected chi connectivity index (χ4v) is 1.46. The molecule has 2 N–H and O–H groups in total. The Morgan fingerprint density at radius 3 is 2.55 bits per heavy atom. The number of amidine groups is 1. The molecule has 1 rings (SSSR count). The van der Waals surface area contributed by atoms with Crippen molar-refractivity contribution < 1.29 is 0 Å². The first-order valence-electron chi connectivity index (χ1n) is 5.82. The van der Waals surface area contributed by atoms with Gasteiger partial charge in [-0.25, -0.2) is 9.98 Å². The third-order valence-electron chi connectivity index (χ3n) is 2.23. The van der Waals surface area contributed by atoms with Crippen molar-refractivity contribution in [2.24, 2.45) is 22.8 Å². The summed E-state index contributed by atoms with van der Waals surface area (Å²) < 4.78 is 0. The molecule has 1 aromatic heterocycles. The number of nitrogens with two attached hydrogens (primary N) is 1. The first-order chi connectivity index (χ1) is 9.47. The van der Waals surface area contributed by atoms with Crippen molar-refractivity contribution >= 4 is 22.6 Å². The molecule has 106 valence electrons. The maximum absolute atomic E-state index is 5.64. The second-order valence-corrected chi connectivity index (χ2v) is 4.59.